The fourth-order valence-electron chi connectivity index (χ4n) is 9.21. The fourth-order valence-corrected chi connectivity index (χ4v) is 9.21. The van der Waals surface area contributed by atoms with Crippen molar-refractivity contribution in [3.05, 3.63) is 62.2 Å². The van der Waals surface area contributed by atoms with E-state index >= 15 is 4.39 Å². The number of likely N-dealkylation sites (tertiary alicyclic amines) is 1. The molecule has 65 heavy (non-hydrogen) atoms. The first-order valence-electron chi connectivity index (χ1n) is 22.9. The highest BCUT2D eigenvalue weighted by Crippen LogP contribution is 2.40. The molecule has 4 atom stereocenters. The van der Waals surface area contributed by atoms with Crippen molar-refractivity contribution in [3.8, 4) is 11.4 Å². The van der Waals surface area contributed by atoms with Gasteiger partial charge in [-0.15, -0.1) is 0 Å². The highest BCUT2D eigenvalue weighted by Gasteiger charge is 2.45. The molecule has 1 fully saturated rings. The van der Waals surface area contributed by atoms with Gasteiger partial charge in [0, 0.05) is 48.6 Å². The number of carbonyl (C=O) groups is 6. The van der Waals surface area contributed by atoms with Gasteiger partial charge in [-0.05, 0) is 87.0 Å². The fraction of sp³-hybridized carbons (Fsp3) is 0.583. The summed E-state index contributed by atoms with van der Waals surface area (Å²) in [5.41, 5.74) is 3.19. The van der Waals surface area contributed by atoms with Gasteiger partial charge < -0.3 is 35.1 Å². The van der Waals surface area contributed by atoms with Crippen LogP contribution in [0.2, 0.25) is 0 Å². The molecule has 6 rings (SSSR count). The topological polar surface area (TPSA) is 215 Å². The molecular weight excluding hydrogens is 840 g/mol. The summed E-state index contributed by atoms with van der Waals surface area (Å²) in [4.78, 5) is 95.9. The lowest BCUT2D eigenvalue weighted by Gasteiger charge is -2.29. The van der Waals surface area contributed by atoms with E-state index in [0.717, 1.165) is 29.4 Å². The molecule has 5 heterocycles. The maximum absolute atomic E-state index is 15.2. The van der Waals surface area contributed by atoms with Crippen molar-refractivity contribution in [2.75, 3.05) is 19.9 Å². The van der Waals surface area contributed by atoms with E-state index in [1.807, 2.05) is 19.9 Å². The Balaban J connectivity index is 0.906. The summed E-state index contributed by atoms with van der Waals surface area (Å²) in [6.45, 7) is 13.5. The van der Waals surface area contributed by atoms with Crippen molar-refractivity contribution < 1.29 is 47.7 Å². The number of amides is 5. The first-order chi connectivity index (χ1) is 30.8. The second-order valence-corrected chi connectivity index (χ2v) is 18.6. The van der Waals surface area contributed by atoms with E-state index in [-0.39, 0.29) is 84.4 Å². The van der Waals surface area contributed by atoms with E-state index < -0.39 is 41.8 Å². The Morgan fingerprint density at radius 1 is 1.02 bits per heavy atom. The van der Waals surface area contributed by atoms with Gasteiger partial charge in [0.1, 0.15) is 31.2 Å². The molecule has 1 saturated heterocycles. The summed E-state index contributed by atoms with van der Waals surface area (Å²) >= 11 is 0. The van der Waals surface area contributed by atoms with Gasteiger partial charge in [0.15, 0.2) is 6.10 Å². The minimum atomic E-state index is -1.57. The van der Waals surface area contributed by atoms with Crippen LogP contribution < -0.4 is 21.5 Å². The Morgan fingerprint density at radius 2 is 1.77 bits per heavy atom. The largest absolute Gasteiger partial charge is 0.458 e. The maximum Gasteiger partial charge on any atom is 0.340 e. The average molecular weight is 903 g/mol. The summed E-state index contributed by atoms with van der Waals surface area (Å²) in [6.07, 6.45) is 4.14. The Bertz CT molecular complexity index is 2410. The molecule has 0 bridgehead atoms. The number of nitrogens with zero attached hydrogens (tertiary/aromatic N) is 3. The molecule has 3 aliphatic rings. The Kier molecular flexibility index (Phi) is 15.6. The molecule has 3 aliphatic heterocycles. The third-order valence-corrected chi connectivity index (χ3v) is 13.1. The van der Waals surface area contributed by atoms with E-state index in [0.29, 0.717) is 74.1 Å². The smallest absolute Gasteiger partial charge is 0.340 e. The van der Waals surface area contributed by atoms with Crippen molar-refractivity contribution in [2.24, 2.45) is 17.3 Å². The number of pyridine rings is 2. The van der Waals surface area contributed by atoms with Crippen LogP contribution in [0.4, 0.5) is 4.39 Å². The molecular formula is C48H63FN6O10. The van der Waals surface area contributed by atoms with Crippen LogP contribution in [0, 0.1) is 30.0 Å². The van der Waals surface area contributed by atoms with Crippen LogP contribution in [-0.4, -0.2) is 87.0 Å². The number of carbonyl (C=O) groups excluding carboxylic acids is 6. The maximum atomic E-state index is 15.2. The van der Waals surface area contributed by atoms with Crippen molar-refractivity contribution in [3.63, 3.8) is 0 Å². The normalized spacial score (nSPS) is 17.8. The van der Waals surface area contributed by atoms with Gasteiger partial charge in [0.05, 0.1) is 34.9 Å². The number of imide groups is 1. The molecule has 5 amide bonds. The monoisotopic (exact) mass is 902 g/mol. The van der Waals surface area contributed by atoms with Crippen LogP contribution in [0.15, 0.2) is 23.0 Å². The van der Waals surface area contributed by atoms with Crippen LogP contribution >= 0.6 is 0 Å². The number of nitrogens with one attached hydrogen (secondary N) is 3. The van der Waals surface area contributed by atoms with Gasteiger partial charge in [-0.2, -0.15) is 0 Å². The first-order valence-corrected chi connectivity index (χ1v) is 22.9. The first kappa shape index (κ1) is 48.9. The molecule has 17 heteroatoms. The molecule has 352 valence electrons. The van der Waals surface area contributed by atoms with Crippen molar-refractivity contribution >= 4 is 46.4 Å². The van der Waals surface area contributed by atoms with Gasteiger partial charge in [-0.1, -0.05) is 47.5 Å². The third-order valence-electron chi connectivity index (χ3n) is 13.1. The number of hydrogen-bond acceptors (Lipinski definition) is 11. The number of aryl methyl sites for hydroxylation is 1. The standard InChI is InChI=1S/C48H63FN6O10/c1-8-16-48(6,7)34-21-39(57)54(46(34)62)17-12-9-10-15-38(56)53-40(26(2)3)44(60)51-28(5)43(59)50-25-64-18-13-11-14-30-27(4)35(49)22-36-31(30)19-29-23-55-37(41(29)52-36)20-32-33(45(55)61)24-65-47(63)42(32)58/h19-20,22,26,28,34,40,42,58H,8-18,21,23-25H2,1-7H3,(H,50,59)(H,51,60)(H,53,56)/t28-,34?,40-,42-/m0/s1. The molecule has 0 radical (unpaired) electrons. The molecule has 0 spiro atoms. The van der Waals surface area contributed by atoms with Crippen molar-refractivity contribution in [1.29, 1.82) is 0 Å². The third kappa shape index (κ3) is 10.8. The molecule has 1 unspecified atom stereocenters. The number of fused-ring (bicyclic) bond motifs is 5. The van der Waals surface area contributed by atoms with E-state index in [1.165, 1.54) is 22.5 Å². The number of esters is 1. The molecule has 3 aromatic rings. The van der Waals surface area contributed by atoms with E-state index in [2.05, 4.69) is 22.9 Å². The quantitative estimate of drug-likeness (QED) is 0.0386. The number of halogens is 1. The lowest BCUT2D eigenvalue weighted by molar-refractivity contribution is -0.157. The number of rotatable bonds is 21. The minimum Gasteiger partial charge on any atom is -0.458 e. The summed E-state index contributed by atoms with van der Waals surface area (Å²) in [7, 11) is 0. The predicted octanol–water partition coefficient (Wildman–Crippen LogP) is 4.78. The Morgan fingerprint density at radius 3 is 2.49 bits per heavy atom. The number of hydrogen-bond donors (Lipinski definition) is 4. The Hall–Kier alpha value is -5.55. The zero-order valence-corrected chi connectivity index (χ0v) is 38.6. The van der Waals surface area contributed by atoms with Crippen LogP contribution in [0.3, 0.4) is 0 Å². The molecule has 16 nitrogen and oxygen atoms in total. The number of aliphatic hydroxyl groups is 1. The summed E-state index contributed by atoms with van der Waals surface area (Å²) in [5, 5.41) is 19.3. The molecule has 0 saturated carbocycles. The molecule has 4 N–H and O–H groups in total. The van der Waals surface area contributed by atoms with E-state index in [1.54, 1.807) is 26.8 Å². The number of aliphatic hydroxyl groups excluding tert-OH is 1. The van der Waals surface area contributed by atoms with Crippen molar-refractivity contribution in [2.45, 2.75) is 144 Å². The number of cyclic esters (lactones) is 1. The lowest BCUT2D eigenvalue weighted by atomic mass is 9.74. The summed E-state index contributed by atoms with van der Waals surface area (Å²) < 4.78 is 27.4. The van der Waals surface area contributed by atoms with Crippen LogP contribution in [0.1, 0.15) is 133 Å². The van der Waals surface area contributed by atoms with Crippen LogP contribution in [0.25, 0.3) is 22.3 Å². The molecule has 0 aliphatic carbocycles. The Labute approximate surface area is 378 Å². The second-order valence-electron chi connectivity index (χ2n) is 18.6. The predicted molar refractivity (Wildman–Crippen MR) is 238 cm³/mol. The summed E-state index contributed by atoms with van der Waals surface area (Å²) in [5.74, 6) is -3.30. The minimum absolute atomic E-state index is 0.0977. The highest BCUT2D eigenvalue weighted by atomic mass is 19.1. The number of benzene rings is 1. The average Bonchev–Trinajstić information content (AvgIpc) is 3.76. The van der Waals surface area contributed by atoms with E-state index in [4.69, 9.17) is 14.5 Å². The van der Waals surface area contributed by atoms with Gasteiger partial charge in [0.25, 0.3) is 5.56 Å². The van der Waals surface area contributed by atoms with Gasteiger partial charge >= 0.3 is 5.97 Å². The number of unbranched alkanes of at least 4 members (excludes halogenated alkanes) is 3. The van der Waals surface area contributed by atoms with Crippen LogP contribution in [-0.2, 0) is 57.8 Å². The molecule has 1 aromatic carbocycles. The molecule has 2 aromatic heterocycles. The lowest BCUT2D eigenvalue weighted by Crippen LogP contribution is -2.54. The second kappa shape index (κ2) is 20.7. The SMILES string of the molecule is CCCC(C)(C)C1CC(=O)N(CCCCCC(=O)N[C@H](C(=O)N[C@@H](C)C(=O)NCOCCCCc2c(C)c(F)cc3nc4c(cc23)Cn2c-4cc3c(c2=O)COC(=O)[C@H]3O)C(C)C)C1=O. The van der Waals surface area contributed by atoms with Gasteiger partial charge in [0.2, 0.25) is 29.5 Å². The zero-order valence-electron chi connectivity index (χ0n) is 38.6. The van der Waals surface area contributed by atoms with Gasteiger partial charge in [-0.25, -0.2) is 14.2 Å². The summed E-state index contributed by atoms with van der Waals surface area (Å²) in [6, 6.07) is 3.10. The number of ether oxygens (including phenoxy) is 2. The van der Waals surface area contributed by atoms with E-state index in [9.17, 15) is 38.7 Å². The van der Waals surface area contributed by atoms with Crippen molar-refractivity contribution in [1.82, 2.24) is 30.4 Å². The number of aromatic nitrogens is 2. The zero-order chi connectivity index (χ0) is 47.3. The highest BCUT2D eigenvalue weighted by molar-refractivity contribution is 6.04. The van der Waals surface area contributed by atoms with Crippen LogP contribution in [0.5, 0.6) is 0 Å². The van der Waals surface area contributed by atoms with Gasteiger partial charge in [-0.3, -0.25) is 33.7 Å².